The molecule has 3 amide bonds. The third-order valence-corrected chi connectivity index (χ3v) is 5.54. The minimum Gasteiger partial charge on any atom is -0.339 e. The number of urea groups is 1. The maximum absolute atomic E-state index is 13.5. The number of aromatic nitrogens is 1. The van der Waals surface area contributed by atoms with E-state index >= 15 is 0 Å². The summed E-state index contributed by atoms with van der Waals surface area (Å²) in [5.74, 6) is -0.218. The quantitative estimate of drug-likeness (QED) is 0.566. The summed E-state index contributed by atoms with van der Waals surface area (Å²) in [5.41, 5.74) is 1.55. The van der Waals surface area contributed by atoms with E-state index in [-0.39, 0.29) is 17.8 Å². The number of carbonyl (C=O) groups is 2. The van der Waals surface area contributed by atoms with Crippen molar-refractivity contribution in [1.82, 2.24) is 14.8 Å². The average molecular weight is 468 g/mol. The molecule has 4 rings (SSSR count). The maximum atomic E-state index is 13.5. The molecule has 9 heteroatoms. The molecule has 2 heterocycles. The van der Waals surface area contributed by atoms with Crippen LogP contribution in [0.1, 0.15) is 16.8 Å². The van der Waals surface area contributed by atoms with Crippen molar-refractivity contribution in [1.29, 1.82) is 0 Å². The summed E-state index contributed by atoms with van der Waals surface area (Å²) in [4.78, 5) is 33.6. The Bertz CT molecular complexity index is 1140. The van der Waals surface area contributed by atoms with E-state index in [0.29, 0.717) is 60.4 Å². The largest absolute Gasteiger partial charge is 0.339 e. The number of amides is 3. The molecule has 0 radical (unpaired) electrons. The van der Waals surface area contributed by atoms with Crippen LogP contribution in [-0.4, -0.2) is 52.9 Å². The normalized spacial score (nSPS) is 13.9. The first-order valence-electron chi connectivity index (χ1n) is 10.6. The molecule has 2 aromatic carbocycles. The minimum atomic E-state index is -0.381. The van der Waals surface area contributed by atoms with Crippen molar-refractivity contribution in [3.05, 3.63) is 83.3 Å². The number of halogens is 2. The second-order valence-corrected chi connectivity index (χ2v) is 8.04. The number of pyridine rings is 1. The van der Waals surface area contributed by atoms with E-state index in [1.807, 2.05) is 0 Å². The summed E-state index contributed by atoms with van der Waals surface area (Å²) >= 11 is 5.89. The van der Waals surface area contributed by atoms with E-state index in [2.05, 4.69) is 15.6 Å². The van der Waals surface area contributed by atoms with Crippen LogP contribution in [0.3, 0.4) is 0 Å². The third-order valence-electron chi connectivity index (χ3n) is 5.29. The number of hydrogen-bond donors (Lipinski definition) is 2. The highest BCUT2D eigenvalue weighted by Crippen LogP contribution is 2.21. The van der Waals surface area contributed by atoms with Crippen LogP contribution in [0.15, 0.2) is 66.9 Å². The number of anilines is 3. The number of carbonyl (C=O) groups excluding carboxylic acids is 2. The molecule has 1 fully saturated rings. The van der Waals surface area contributed by atoms with E-state index in [1.165, 1.54) is 12.1 Å². The van der Waals surface area contributed by atoms with E-state index in [0.717, 1.165) is 0 Å². The van der Waals surface area contributed by atoms with Crippen LogP contribution < -0.4 is 10.6 Å². The number of rotatable bonds is 4. The van der Waals surface area contributed by atoms with Crippen molar-refractivity contribution in [2.45, 2.75) is 6.42 Å². The predicted octanol–water partition coefficient (Wildman–Crippen LogP) is 5.00. The monoisotopic (exact) mass is 467 g/mol. The Kier molecular flexibility index (Phi) is 7.04. The van der Waals surface area contributed by atoms with Crippen LogP contribution in [0.4, 0.5) is 26.4 Å². The van der Waals surface area contributed by atoms with Crippen LogP contribution in [0.2, 0.25) is 5.02 Å². The highest BCUT2D eigenvalue weighted by molar-refractivity contribution is 6.30. The topological polar surface area (TPSA) is 77.6 Å². The lowest BCUT2D eigenvalue weighted by atomic mass is 10.2. The standard InChI is InChI=1S/C24H23ClFN5O2/c25-17-7-9-19(10-8-17)29-24(33)31-13-3-12-30(14-15-31)23(32)21-6-2-11-27-22(21)28-20-5-1-4-18(26)16-20/h1-2,4-11,16H,3,12-15H2,(H,27,28)(H,29,33). The molecule has 0 spiro atoms. The molecule has 2 N–H and O–H groups in total. The summed E-state index contributed by atoms with van der Waals surface area (Å²) in [5, 5.41) is 6.48. The van der Waals surface area contributed by atoms with E-state index < -0.39 is 0 Å². The fourth-order valence-electron chi connectivity index (χ4n) is 3.61. The van der Waals surface area contributed by atoms with Crippen LogP contribution in [0.5, 0.6) is 0 Å². The molecule has 0 saturated carbocycles. The van der Waals surface area contributed by atoms with Crippen molar-refractivity contribution in [2.24, 2.45) is 0 Å². The number of benzene rings is 2. The van der Waals surface area contributed by atoms with Gasteiger partial charge >= 0.3 is 6.03 Å². The molecule has 0 unspecified atom stereocenters. The number of nitrogens with zero attached hydrogens (tertiary/aromatic N) is 3. The van der Waals surface area contributed by atoms with E-state index in [9.17, 15) is 14.0 Å². The van der Waals surface area contributed by atoms with Crippen molar-refractivity contribution in [2.75, 3.05) is 36.8 Å². The second-order valence-electron chi connectivity index (χ2n) is 7.60. The zero-order chi connectivity index (χ0) is 23.2. The first kappa shape index (κ1) is 22.5. The van der Waals surface area contributed by atoms with Crippen LogP contribution in [-0.2, 0) is 0 Å². The smallest absolute Gasteiger partial charge is 0.321 e. The first-order chi connectivity index (χ1) is 16.0. The van der Waals surface area contributed by atoms with Crippen molar-refractivity contribution in [3.8, 4) is 0 Å². The molecular formula is C24H23ClFN5O2. The summed E-state index contributed by atoms with van der Waals surface area (Å²) in [7, 11) is 0. The Hall–Kier alpha value is -3.65. The number of nitrogens with one attached hydrogen (secondary N) is 2. The van der Waals surface area contributed by atoms with Crippen molar-refractivity contribution >= 4 is 40.7 Å². The predicted molar refractivity (Wildman–Crippen MR) is 126 cm³/mol. The van der Waals surface area contributed by atoms with Gasteiger partial charge < -0.3 is 20.4 Å². The lowest BCUT2D eigenvalue weighted by Crippen LogP contribution is -2.39. The average Bonchev–Trinajstić information content (AvgIpc) is 3.07. The van der Waals surface area contributed by atoms with Crippen molar-refractivity contribution < 1.29 is 14.0 Å². The van der Waals surface area contributed by atoms with Gasteiger partial charge in [-0.1, -0.05) is 17.7 Å². The van der Waals surface area contributed by atoms with Gasteiger partial charge in [0.1, 0.15) is 11.6 Å². The first-order valence-corrected chi connectivity index (χ1v) is 11.0. The van der Waals surface area contributed by atoms with Crippen LogP contribution in [0.25, 0.3) is 0 Å². The van der Waals surface area contributed by atoms with Gasteiger partial charge in [-0.05, 0) is 61.0 Å². The Morgan fingerprint density at radius 2 is 1.67 bits per heavy atom. The van der Waals surface area contributed by atoms with Gasteiger partial charge in [0.15, 0.2) is 0 Å². The lowest BCUT2D eigenvalue weighted by molar-refractivity contribution is 0.0763. The fraction of sp³-hybridized carbons (Fsp3) is 0.208. The van der Waals surface area contributed by atoms with Crippen molar-refractivity contribution in [3.63, 3.8) is 0 Å². The minimum absolute atomic E-state index is 0.193. The van der Waals surface area contributed by atoms with Gasteiger partial charge in [0.05, 0.1) is 5.56 Å². The molecular weight excluding hydrogens is 445 g/mol. The zero-order valence-corrected chi connectivity index (χ0v) is 18.6. The second kappa shape index (κ2) is 10.3. The van der Waals surface area contributed by atoms with E-state index in [4.69, 9.17) is 11.6 Å². The highest BCUT2D eigenvalue weighted by atomic mass is 35.5. The van der Waals surface area contributed by atoms with Gasteiger partial charge in [0.2, 0.25) is 0 Å². The Morgan fingerprint density at radius 1 is 0.909 bits per heavy atom. The summed E-state index contributed by atoms with van der Waals surface area (Å²) in [6.07, 6.45) is 2.22. The lowest BCUT2D eigenvalue weighted by Gasteiger charge is -2.23. The molecule has 0 atom stereocenters. The molecule has 1 aromatic heterocycles. The molecule has 1 aliphatic rings. The molecule has 7 nitrogen and oxygen atoms in total. The Balaban J connectivity index is 1.41. The number of hydrogen-bond acceptors (Lipinski definition) is 4. The maximum Gasteiger partial charge on any atom is 0.321 e. The van der Waals surface area contributed by atoms with Gasteiger partial charge in [-0.3, -0.25) is 4.79 Å². The molecule has 33 heavy (non-hydrogen) atoms. The molecule has 0 bridgehead atoms. The molecule has 170 valence electrons. The summed E-state index contributed by atoms with van der Waals surface area (Å²) in [6.45, 7) is 1.84. The van der Waals surface area contributed by atoms with Gasteiger partial charge in [0, 0.05) is 48.8 Å². The molecule has 0 aliphatic carbocycles. The molecule has 1 aliphatic heterocycles. The van der Waals surface area contributed by atoms with Gasteiger partial charge in [-0.25, -0.2) is 14.2 Å². The highest BCUT2D eigenvalue weighted by Gasteiger charge is 2.25. The third kappa shape index (κ3) is 5.78. The Morgan fingerprint density at radius 3 is 2.45 bits per heavy atom. The zero-order valence-electron chi connectivity index (χ0n) is 17.8. The summed E-state index contributed by atoms with van der Waals surface area (Å²) < 4.78 is 13.5. The van der Waals surface area contributed by atoms with E-state index in [1.54, 1.807) is 64.5 Å². The van der Waals surface area contributed by atoms with Crippen LogP contribution in [0, 0.1) is 5.82 Å². The molecule has 3 aromatic rings. The van der Waals surface area contributed by atoms with Gasteiger partial charge in [-0.15, -0.1) is 0 Å². The fourth-order valence-corrected chi connectivity index (χ4v) is 3.74. The summed E-state index contributed by atoms with van der Waals surface area (Å²) in [6, 6.07) is 16.0. The van der Waals surface area contributed by atoms with Gasteiger partial charge in [-0.2, -0.15) is 0 Å². The Labute approximate surface area is 196 Å². The van der Waals surface area contributed by atoms with Gasteiger partial charge in [0.25, 0.3) is 5.91 Å². The SMILES string of the molecule is O=C(Nc1ccc(Cl)cc1)N1CCCN(C(=O)c2cccnc2Nc2cccc(F)c2)CC1. The van der Waals surface area contributed by atoms with Crippen LogP contribution >= 0.6 is 11.6 Å². The molecule has 1 saturated heterocycles.